The maximum atomic E-state index is 13.1. The van der Waals surface area contributed by atoms with E-state index in [1.165, 1.54) is 6.07 Å². The molecule has 6 heteroatoms. The van der Waals surface area contributed by atoms with Gasteiger partial charge in [0.1, 0.15) is 12.7 Å². The molecule has 3 N–H and O–H groups in total. The molecule has 1 aromatic carbocycles. The van der Waals surface area contributed by atoms with Crippen LogP contribution in [0.2, 0.25) is 0 Å². The van der Waals surface area contributed by atoms with Crippen molar-refractivity contribution < 1.29 is 18.6 Å². The van der Waals surface area contributed by atoms with Gasteiger partial charge >= 0.3 is 0 Å². The van der Waals surface area contributed by atoms with Gasteiger partial charge in [-0.3, -0.25) is 0 Å². The number of rotatable bonds is 4. The highest BCUT2D eigenvalue weighted by molar-refractivity contribution is 9.10. The molecule has 84 valence electrons. The zero-order valence-electron chi connectivity index (χ0n) is 7.71. The highest BCUT2D eigenvalue weighted by atomic mass is 79.9. The van der Waals surface area contributed by atoms with Crippen molar-refractivity contribution in [3.05, 3.63) is 28.2 Å². The van der Waals surface area contributed by atoms with Crippen molar-refractivity contribution >= 4 is 15.9 Å². The van der Waals surface area contributed by atoms with Crippen molar-refractivity contribution in [3.8, 4) is 5.75 Å². The fraction of sp³-hybridized carbons (Fsp3) is 0.333. The molecule has 0 bridgehead atoms. The lowest BCUT2D eigenvalue weighted by Gasteiger charge is -2.11. The minimum atomic E-state index is -1.08. The van der Waals surface area contributed by atoms with E-state index in [9.17, 15) is 8.78 Å². The number of benzene rings is 1. The summed E-state index contributed by atoms with van der Waals surface area (Å²) in [6, 6.07) is 2.27. The number of aliphatic hydroxyl groups is 1. The topological polar surface area (TPSA) is 55.5 Å². The van der Waals surface area contributed by atoms with E-state index in [0.717, 1.165) is 6.07 Å². The van der Waals surface area contributed by atoms with Crippen LogP contribution in [0.15, 0.2) is 16.6 Å². The van der Waals surface area contributed by atoms with Crippen LogP contribution >= 0.6 is 15.9 Å². The Hall–Kier alpha value is -0.720. The maximum Gasteiger partial charge on any atom is 0.200 e. The molecule has 0 saturated carbocycles. The number of hydrogen-bond acceptors (Lipinski definition) is 3. The predicted octanol–water partition coefficient (Wildman–Crippen LogP) is 1.43. The molecule has 0 saturated heterocycles. The van der Waals surface area contributed by atoms with Crippen LogP contribution in [-0.4, -0.2) is 24.4 Å². The maximum absolute atomic E-state index is 13.1. The molecule has 0 aromatic heterocycles. The summed E-state index contributed by atoms with van der Waals surface area (Å²) < 4.78 is 31.2. The summed E-state index contributed by atoms with van der Waals surface area (Å²) in [5.74, 6) is -2.35. The van der Waals surface area contributed by atoms with E-state index in [2.05, 4.69) is 15.9 Å². The molecule has 0 aliphatic carbocycles. The van der Waals surface area contributed by atoms with Gasteiger partial charge in [0.2, 0.25) is 5.82 Å². The first-order valence-electron chi connectivity index (χ1n) is 4.20. The third-order valence-electron chi connectivity index (χ3n) is 1.66. The first-order chi connectivity index (χ1) is 7.04. The smallest absolute Gasteiger partial charge is 0.200 e. The van der Waals surface area contributed by atoms with Gasteiger partial charge in [-0.1, -0.05) is 15.9 Å². The molecular weight excluding hydrogens is 272 g/mol. The average Bonchev–Trinajstić information content (AvgIpc) is 2.20. The van der Waals surface area contributed by atoms with Crippen molar-refractivity contribution in [2.24, 2.45) is 5.73 Å². The lowest BCUT2D eigenvalue weighted by atomic mass is 10.3. The van der Waals surface area contributed by atoms with Gasteiger partial charge in [-0.2, -0.15) is 4.39 Å². The van der Waals surface area contributed by atoms with Crippen LogP contribution in [0.25, 0.3) is 0 Å². The lowest BCUT2D eigenvalue weighted by Crippen LogP contribution is -2.26. The molecule has 0 amide bonds. The molecular formula is C9H10BrF2NO2. The number of halogens is 3. The van der Waals surface area contributed by atoms with Gasteiger partial charge in [-0.25, -0.2) is 4.39 Å². The molecule has 0 spiro atoms. The van der Waals surface area contributed by atoms with E-state index in [0.29, 0.717) is 4.47 Å². The van der Waals surface area contributed by atoms with E-state index >= 15 is 0 Å². The Balaban J connectivity index is 2.76. The Morgan fingerprint density at radius 3 is 2.73 bits per heavy atom. The quantitative estimate of drug-likeness (QED) is 0.821. The van der Waals surface area contributed by atoms with E-state index in [-0.39, 0.29) is 18.9 Å². The molecule has 1 rings (SSSR count). The van der Waals surface area contributed by atoms with Crippen molar-refractivity contribution in [1.82, 2.24) is 0 Å². The molecule has 15 heavy (non-hydrogen) atoms. The molecule has 0 radical (unpaired) electrons. The summed E-state index contributed by atoms with van der Waals surface area (Å²) in [6.45, 7) is -0.179. The van der Waals surface area contributed by atoms with E-state index in [1.807, 2.05) is 0 Å². The number of ether oxygens (including phenoxy) is 1. The largest absolute Gasteiger partial charge is 0.488 e. The number of hydrogen-bond donors (Lipinski definition) is 2. The van der Waals surface area contributed by atoms with Gasteiger partial charge in [-0.05, 0) is 12.1 Å². The summed E-state index contributed by atoms with van der Waals surface area (Å²) in [7, 11) is 0. The van der Waals surface area contributed by atoms with Crippen LogP contribution in [-0.2, 0) is 0 Å². The van der Waals surface area contributed by atoms with E-state index < -0.39 is 17.7 Å². The molecule has 0 heterocycles. The van der Waals surface area contributed by atoms with E-state index in [4.69, 9.17) is 15.6 Å². The summed E-state index contributed by atoms with van der Waals surface area (Å²) >= 11 is 3.00. The second-order valence-corrected chi connectivity index (χ2v) is 3.82. The Kier molecular flexibility index (Phi) is 4.44. The molecule has 1 aromatic rings. The Bertz CT molecular complexity index is 349. The summed E-state index contributed by atoms with van der Waals surface area (Å²) in [5, 5.41) is 9.07. The van der Waals surface area contributed by atoms with Gasteiger partial charge in [0.15, 0.2) is 11.6 Å². The van der Waals surface area contributed by atoms with Crippen LogP contribution in [0.3, 0.4) is 0 Å². The van der Waals surface area contributed by atoms with Crippen LogP contribution in [0.4, 0.5) is 8.78 Å². The summed E-state index contributed by atoms with van der Waals surface area (Å²) in [6.07, 6.45) is -0.897. The highest BCUT2D eigenvalue weighted by Gasteiger charge is 2.12. The fourth-order valence-corrected chi connectivity index (χ4v) is 1.30. The van der Waals surface area contributed by atoms with Crippen molar-refractivity contribution in [2.45, 2.75) is 6.10 Å². The second kappa shape index (κ2) is 5.39. The number of aliphatic hydroxyl groups excluding tert-OH is 1. The molecule has 3 nitrogen and oxygen atoms in total. The average molecular weight is 282 g/mol. The molecule has 0 aliphatic rings. The molecule has 0 fully saturated rings. The lowest BCUT2D eigenvalue weighted by molar-refractivity contribution is 0.111. The standard InChI is InChI=1S/C9H10BrF2NO2/c10-5-1-7(11)9(12)8(2-5)15-4-6(14)3-13/h1-2,6,14H,3-4,13H2. The second-order valence-electron chi connectivity index (χ2n) is 2.90. The highest BCUT2D eigenvalue weighted by Crippen LogP contribution is 2.25. The van der Waals surface area contributed by atoms with E-state index in [1.54, 1.807) is 0 Å². The minimum absolute atomic E-state index is 0.00188. The molecule has 1 atom stereocenters. The summed E-state index contributed by atoms with van der Waals surface area (Å²) in [4.78, 5) is 0. The Morgan fingerprint density at radius 1 is 1.47 bits per heavy atom. The van der Waals surface area contributed by atoms with Crippen LogP contribution < -0.4 is 10.5 Å². The Labute approximate surface area is 94.0 Å². The predicted molar refractivity (Wildman–Crippen MR) is 54.6 cm³/mol. The van der Waals surface area contributed by atoms with Gasteiger partial charge in [0.05, 0.1) is 0 Å². The van der Waals surface area contributed by atoms with Crippen LogP contribution in [0, 0.1) is 11.6 Å². The monoisotopic (exact) mass is 281 g/mol. The zero-order chi connectivity index (χ0) is 11.4. The third-order valence-corrected chi connectivity index (χ3v) is 2.12. The first kappa shape index (κ1) is 12.4. The van der Waals surface area contributed by atoms with Gasteiger partial charge in [-0.15, -0.1) is 0 Å². The third kappa shape index (κ3) is 3.40. The van der Waals surface area contributed by atoms with Crippen LogP contribution in [0.5, 0.6) is 5.75 Å². The molecule has 1 unspecified atom stereocenters. The normalized spacial score (nSPS) is 12.6. The number of nitrogens with two attached hydrogens (primary N) is 1. The van der Waals surface area contributed by atoms with Gasteiger partial charge in [0, 0.05) is 11.0 Å². The first-order valence-corrected chi connectivity index (χ1v) is 4.99. The Morgan fingerprint density at radius 2 is 2.13 bits per heavy atom. The molecule has 0 aliphatic heterocycles. The van der Waals surface area contributed by atoms with Gasteiger partial charge in [0.25, 0.3) is 0 Å². The van der Waals surface area contributed by atoms with Crippen LogP contribution in [0.1, 0.15) is 0 Å². The fourth-order valence-electron chi connectivity index (χ4n) is 0.891. The van der Waals surface area contributed by atoms with Crippen molar-refractivity contribution in [1.29, 1.82) is 0 Å². The minimum Gasteiger partial charge on any atom is -0.488 e. The van der Waals surface area contributed by atoms with Crippen molar-refractivity contribution in [3.63, 3.8) is 0 Å². The zero-order valence-corrected chi connectivity index (χ0v) is 9.30. The summed E-state index contributed by atoms with van der Waals surface area (Å²) in [5.41, 5.74) is 5.13. The SMILES string of the molecule is NCC(O)COc1cc(Br)cc(F)c1F. The van der Waals surface area contributed by atoms with Crippen molar-refractivity contribution in [2.75, 3.05) is 13.2 Å². The van der Waals surface area contributed by atoms with Gasteiger partial charge < -0.3 is 15.6 Å².